The van der Waals surface area contributed by atoms with E-state index in [0.29, 0.717) is 11.8 Å². The van der Waals surface area contributed by atoms with Gasteiger partial charge < -0.3 is 8.83 Å². The van der Waals surface area contributed by atoms with Gasteiger partial charge in [0.05, 0.1) is 22.3 Å². The molecular weight excluding hydrogens is 540 g/mol. The van der Waals surface area contributed by atoms with Gasteiger partial charge in [0, 0.05) is 27.3 Å². The molecule has 0 aliphatic carbocycles. The maximum Gasteiger partial charge on any atom is 0.149 e. The quantitative estimate of drug-likeness (QED) is 0.205. The summed E-state index contributed by atoms with van der Waals surface area (Å²) >= 11 is 0. The summed E-state index contributed by atoms with van der Waals surface area (Å²) in [5.41, 5.74) is 11.4. The Kier molecular flexibility index (Phi) is 6.02. The molecule has 0 spiro atoms. The van der Waals surface area contributed by atoms with Gasteiger partial charge in [-0.05, 0) is 54.2 Å². The van der Waals surface area contributed by atoms with Gasteiger partial charge in [-0.15, -0.1) is 0 Å². The second-order valence-corrected chi connectivity index (χ2v) is 12.4. The average Bonchev–Trinajstić information content (AvgIpc) is 3.71. The van der Waals surface area contributed by atoms with E-state index in [9.17, 15) is 0 Å². The highest BCUT2D eigenvalue weighted by atomic mass is 16.3. The number of hydrogen-bond acceptors (Lipinski definition) is 3. The van der Waals surface area contributed by atoms with Gasteiger partial charge in [-0.1, -0.05) is 107 Å². The van der Waals surface area contributed by atoms with E-state index in [1.54, 1.807) is 0 Å². The number of aromatic nitrogens is 2. The highest BCUT2D eigenvalue weighted by molar-refractivity contribution is 6.23. The number of furan rings is 2. The monoisotopic (exact) mass is 574 g/mol. The van der Waals surface area contributed by atoms with Crippen molar-refractivity contribution in [2.75, 3.05) is 0 Å². The molecule has 0 N–H and O–H groups in total. The number of hydrogen-bond donors (Lipinski definition) is 0. The average molecular weight is 575 g/mol. The summed E-state index contributed by atoms with van der Waals surface area (Å²) in [7, 11) is 0. The zero-order chi connectivity index (χ0) is 30.1. The summed E-state index contributed by atoms with van der Waals surface area (Å²) in [5, 5.41) is 3.23. The van der Waals surface area contributed by atoms with Crippen molar-refractivity contribution < 1.29 is 8.83 Å². The summed E-state index contributed by atoms with van der Waals surface area (Å²) in [6, 6.07) is 35.9. The minimum Gasteiger partial charge on any atom is -0.456 e. The van der Waals surface area contributed by atoms with Gasteiger partial charge >= 0.3 is 0 Å². The van der Waals surface area contributed by atoms with E-state index in [1.807, 2.05) is 18.2 Å². The maximum absolute atomic E-state index is 6.76. The molecule has 8 aromatic rings. The number of fused-ring (bicyclic) bond motifs is 6. The second-order valence-electron chi connectivity index (χ2n) is 12.4. The molecule has 0 amide bonds. The van der Waals surface area contributed by atoms with Crippen LogP contribution in [0.3, 0.4) is 0 Å². The first-order chi connectivity index (χ1) is 21.4. The molecule has 0 aliphatic rings. The molecule has 0 saturated carbocycles. The smallest absolute Gasteiger partial charge is 0.149 e. The summed E-state index contributed by atoms with van der Waals surface area (Å²) in [5.74, 6) is 2.38. The number of nitrogens with zero attached hydrogens (tertiary/aromatic N) is 2. The fraction of sp³-hybridized carbons (Fsp3) is 0.175. The van der Waals surface area contributed by atoms with Crippen LogP contribution in [0.1, 0.15) is 56.2 Å². The number of para-hydroxylation sites is 4. The third-order valence-electron chi connectivity index (χ3n) is 8.94. The Morgan fingerprint density at radius 3 is 2.09 bits per heavy atom. The predicted molar refractivity (Wildman–Crippen MR) is 182 cm³/mol. The Hall–Kier alpha value is -5.09. The lowest BCUT2D eigenvalue weighted by Gasteiger charge is -2.22. The van der Waals surface area contributed by atoms with E-state index >= 15 is 0 Å². The van der Waals surface area contributed by atoms with Crippen molar-refractivity contribution in [2.45, 2.75) is 46.5 Å². The lowest BCUT2D eigenvalue weighted by Crippen LogP contribution is -2.08. The van der Waals surface area contributed by atoms with Gasteiger partial charge in [-0.25, -0.2) is 4.98 Å². The standard InChI is InChI=1S/C40H34N2O2/c1-23(2)27-17-13-18-28(24(3)4)37(27)42-32-20-11-10-19-31(32)41-40(42)30-22-34-35(25(5)38(44-34)26-14-7-6-8-15-26)36-29-16-9-12-21-33(29)43-39(30)36/h6-24H,1-5H3. The van der Waals surface area contributed by atoms with Crippen LogP contribution in [0.5, 0.6) is 0 Å². The molecule has 0 radical (unpaired) electrons. The van der Waals surface area contributed by atoms with Crippen molar-refractivity contribution in [3.63, 3.8) is 0 Å². The first-order valence-electron chi connectivity index (χ1n) is 15.5. The van der Waals surface area contributed by atoms with Crippen molar-refractivity contribution in [2.24, 2.45) is 0 Å². The van der Waals surface area contributed by atoms with Crippen LogP contribution >= 0.6 is 0 Å². The lowest BCUT2D eigenvalue weighted by atomic mass is 9.92. The fourth-order valence-electron chi connectivity index (χ4n) is 6.86. The molecule has 44 heavy (non-hydrogen) atoms. The molecule has 8 rings (SSSR count). The van der Waals surface area contributed by atoms with E-state index in [0.717, 1.165) is 72.2 Å². The highest BCUT2D eigenvalue weighted by Gasteiger charge is 2.27. The Morgan fingerprint density at radius 1 is 0.659 bits per heavy atom. The highest BCUT2D eigenvalue weighted by Crippen LogP contribution is 2.46. The van der Waals surface area contributed by atoms with E-state index < -0.39 is 0 Å². The van der Waals surface area contributed by atoms with Gasteiger partial charge in [0.2, 0.25) is 0 Å². The Labute approximate surface area is 256 Å². The van der Waals surface area contributed by atoms with Crippen LogP contribution in [-0.4, -0.2) is 9.55 Å². The van der Waals surface area contributed by atoms with E-state index in [2.05, 4.69) is 124 Å². The SMILES string of the molecule is Cc1c(-c2ccccc2)oc2cc(-c3nc4ccccc4n3-c3c(C(C)C)cccc3C(C)C)c3oc4ccccc4c3c12. The zero-order valence-corrected chi connectivity index (χ0v) is 25.7. The number of imidazole rings is 1. The van der Waals surface area contributed by atoms with Crippen molar-refractivity contribution in [1.82, 2.24) is 9.55 Å². The van der Waals surface area contributed by atoms with Gasteiger partial charge in [0.15, 0.2) is 0 Å². The molecule has 3 aromatic heterocycles. The first-order valence-corrected chi connectivity index (χ1v) is 15.5. The van der Waals surface area contributed by atoms with Gasteiger partial charge in [0.1, 0.15) is 28.3 Å². The van der Waals surface area contributed by atoms with Crippen molar-refractivity contribution in [3.05, 3.63) is 120 Å². The van der Waals surface area contributed by atoms with Crippen LogP contribution in [0, 0.1) is 6.92 Å². The van der Waals surface area contributed by atoms with E-state index in [1.165, 1.54) is 16.8 Å². The van der Waals surface area contributed by atoms with Crippen LogP contribution in [0.2, 0.25) is 0 Å². The van der Waals surface area contributed by atoms with Crippen molar-refractivity contribution >= 4 is 43.9 Å². The molecule has 0 atom stereocenters. The topological polar surface area (TPSA) is 44.1 Å². The molecule has 0 bridgehead atoms. The molecule has 4 heteroatoms. The predicted octanol–water partition coefficient (Wildman–Crippen LogP) is 11.6. The van der Waals surface area contributed by atoms with Gasteiger partial charge in [-0.2, -0.15) is 0 Å². The Balaban J connectivity index is 1.55. The maximum atomic E-state index is 6.76. The summed E-state index contributed by atoms with van der Waals surface area (Å²) < 4.78 is 15.9. The van der Waals surface area contributed by atoms with E-state index in [4.69, 9.17) is 13.8 Å². The third-order valence-corrected chi connectivity index (χ3v) is 8.94. The lowest BCUT2D eigenvalue weighted by molar-refractivity contribution is 0.628. The molecule has 0 aliphatic heterocycles. The molecule has 216 valence electrons. The number of benzene rings is 5. The molecule has 0 fully saturated rings. The largest absolute Gasteiger partial charge is 0.456 e. The molecule has 4 nitrogen and oxygen atoms in total. The van der Waals surface area contributed by atoms with Crippen LogP contribution in [0.25, 0.3) is 72.3 Å². The Morgan fingerprint density at radius 2 is 1.34 bits per heavy atom. The van der Waals surface area contributed by atoms with Gasteiger partial charge in [-0.3, -0.25) is 4.57 Å². The van der Waals surface area contributed by atoms with Crippen LogP contribution in [0.4, 0.5) is 0 Å². The molecule has 5 aromatic carbocycles. The number of aryl methyl sites for hydroxylation is 1. The normalized spacial score (nSPS) is 12.2. The van der Waals surface area contributed by atoms with Crippen molar-refractivity contribution in [3.8, 4) is 28.4 Å². The fourth-order valence-corrected chi connectivity index (χ4v) is 6.86. The van der Waals surface area contributed by atoms with Crippen LogP contribution < -0.4 is 0 Å². The zero-order valence-electron chi connectivity index (χ0n) is 25.7. The minimum atomic E-state index is 0.326. The summed E-state index contributed by atoms with van der Waals surface area (Å²) in [4.78, 5) is 5.34. The van der Waals surface area contributed by atoms with E-state index in [-0.39, 0.29) is 0 Å². The first kappa shape index (κ1) is 26.5. The summed E-state index contributed by atoms with van der Waals surface area (Å²) in [6.45, 7) is 11.2. The Bertz CT molecular complexity index is 2320. The third kappa shape index (κ3) is 3.87. The van der Waals surface area contributed by atoms with Crippen molar-refractivity contribution in [1.29, 1.82) is 0 Å². The molecule has 0 saturated heterocycles. The second kappa shape index (κ2) is 9.99. The van der Waals surface area contributed by atoms with Crippen LogP contribution in [-0.2, 0) is 0 Å². The number of rotatable bonds is 5. The minimum absolute atomic E-state index is 0.326. The van der Waals surface area contributed by atoms with Gasteiger partial charge in [0.25, 0.3) is 0 Å². The van der Waals surface area contributed by atoms with Crippen LogP contribution in [0.15, 0.2) is 112 Å². The molecule has 0 unspecified atom stereocenters. The molecule has 3 heterocycles. The summed E-state index contributed by atoms with van der Waals surface area (Å²) in [6.07, 6.45) is 0. The molecular formula is C40H34N2O2.